The van der Waals surface area contributed by atoms with Crippen LogP contribution in [-0.4, -0.2) is 11.7 Å². The fourth-order valence-corrected chi connectivity index (χ4v) is 10.4. The highest BCUT2D eigenvalue weighted by Crippen LogP contribution is 2.43. The molecular formula is C56H37N3S. The summed E-state index contributed by atoms with van der Waals surface area (Å²) in [5.74, 6) is 1.54. The van der Waals surface area contributed by atoms with Gasteiger partial charge >= 0.3 is 0 Å². The van der Waals surface area contributed by atoms with E-state index in [2.05, 4.69) is 181 Å². The predicted molar refractivity (Wildman–Crippen MR) is 255 cm³/mol. The second-order valence-electron chi connectivity index (χ2n) is 15.7. The average Bonchev–Trinajstić information content (AvgIpc) is 3.98. The summed E-state index contributed by atoms with van der Waals surface area (Å²) in [5, 5.41) is 11.6. The molecule has 282 valence electrons. The van der Waals surface area contributed by atoms with Gasteiger partial charge in [0.15, 0.2) is 5.84 Å². The lowest BCUT2D eigenvalue weighted by molar-refractivity contribution is 0.680. The van der Waals surface area contributed by atoms with E-state index in [-0.39, 0.29) is 6.17 Å². The Bertz CT molecular complexity index is 3390. The van der Waals surface area contributed by atoms with Crippen molar-refractivity contribution >= 4 is 70.8 Å². The number of amidine groups is 2. The molecule has 1 aliphatic carbocycles. The smallest absolute Gasteiger partial charge is 0.159 e. The number of hydrogen-bond donors (Lipinski definition) is 1. The minimum atomic E-state index is -0.342. The standard InChI is InChI=1S/C56H37N3S/c1-3-12-39(13-4-1)54-57-55(40-14-5-2-6-15-40)59-56(58-54)50-33-42(34-52-53(50)48-18-9-10-21-51(48)60-52)38-28-24-36(25-29-38)35-22-26-37(27-23-35)41-30-31-47-45-20-11-19-44(45)43-16-7-8-17-46(43)49(47)32-41/h1-18,20-34,56H,19H2,(H,57,58,59). The highest BCUT2D eigenvalue weighted by atomic mass is 32.1. The maximum atomic E-state index is 5.31. The Hall–Kier alpha value is -7.40. The van der Waals surface area contributed by atoms with Gasteiger partial charge in [-0.2, -0.15) is 0 Å². The molecule has 0 fully saturated rings. The maximum absolute atomic E-state index is 5.31. The monoisotopic (exact) mass is 783 g/mol. The largest absolute Gasteiger partial charge is 0.344 e. The van der Waals surface area contributed by atoms with Crippen molar-refractivity contribution in [2.24, 2.45) is 9.98 Å². The van der Waals surface area contributed by atoms with E-state index in [4.69, 9.17) is 9.98 Å². The number of benzene rings is 9. The highest BCUT2D eigenvalue weighted by molar-refractivity contribution is 7.25. The molecule has 1 aromatic heterocycles. The van der Waals surface area contributed by atoms with Crippen molar-refractivity contribution in [3.63, 3.8) is 0 Å². The molecule has 12 rings (SSSR count). The van der Waals surface area contributed by atoms with Gasteiger partial charge in [0.2, 0.25) is 0 Å². The van der Waals surface area contributed by atoms with Crippen LogP contribution in [0.3, 0.4) is 0 Å². The molecule has 60 heavy (non-hydrogen) atoms. The summed E-state index contributed by atoms with van der Waals surface area (Å²) in [5.41, 5.74) is 13.2. The third-order valence-corrected chi connectivity index (χ3v) is 13.3. The van der Waals surface area contributed by atoms with Crippen molar-refractivity contribution in [3.8, 4) is 33.4 Å². The number of allylic oxidation sites excluding steroid dienone is 1. The van der Waals surface area contributed by atoms with Crippen molar-refractivity contribution in [2.75, 3.05) is 0 Å². The minimum absolute atomic E-state index is 0.342. The molecule has 0 saturated carbocycles. The zero-order chi connectivity index (χ0) is 39.6. The number of fused-ring (bicyclic) bond motifs is 9. The lowest BCUT2D eigenvalue weighted by Gasteiger charge is -2.25. The molecule has 0 spiro atoms. The Labute approximate surface area is 352 Å². The molecule has 1 aliphatic heterocycles. The number of thiophene rings is 1. The molecule has 10 aromatic rings. The van der Waals surface area contributed by atoms with Gasteiger partial charge in [0, 0.05) is 36.9 Å². The van der Waals surface area contributed by atoms with Crippen LogP contribution in [0.1, 0.15) is 34.0 Å². The van der Waals surface area contributed by atoms with Gasteiger partial charge in [0.05, 0.1) is 0 Å². The summed E-state index contributed by atoms with van der Waals surface area (Å²) in [6, 6.07) is 67.9. The van der Waals surface area contributed by atoms with Gasteiger partial charge in [-0.1, -0.05) is 176 Å². The summed E-state index contributed by atoms with van der Waals surface area (Å²) in [6.45, 7) is 0. The molecule has 0 saturated heterocycles. The molecule has 2 aliphatic rings. The number of nitrogens with zero attached hydrogens (tertiary/aromatic N) is 2. The first-order valence-corrected chi connectivity index (χ1v) is 21.4. The third kappa shape index (κ3) is 5.87. The summed E-state index contributed by atoms with van der Waals surface area (Å²) in [4.78, 5) is 10.4. The van der Waals surface area contributed by atoms with Crippen LogP contribution in [0.5, 0.6) is 0 Å². The van der Waals surface area contributed by atoms with Crippen molar-refractivity contribution in [1.82, 2.24) is 5.32 Å². The van der Waals surface area contributed by atoms with Crippen LogP contribution in [-0.2, 0) is 6.42 Å². The summed E-state index contributed by atoms with van der Waals surface area (Å²) in [6.07, 6.45) is 5.25. The van der Waals surface area contributed by atoms with Crippen molar-refractivity contribution in [2.45, 2.75) is 12.6 Å². The second kappa shape index (κ2) is 14.2. The first kappa shape index (κ1) is 34.6. The highest BCUT2D eigenvalue weighted by Gasteiger charge is 2.25. The molecule has 0 radical (unpaired) electrons. The predicted octanol–water partition coefficient (Wildman–Crippen LogP) is 14.4. The molecule has 0 amide bonds. The van der Waals surface area contributed by atoms with Crippen LogP contribution >= 0.6 is 11.3 Å². The molecular weight excluding hydrogens is 747 g/mol. The van der Waals surface area contributed by atoms with Gasteiger partial charge in [-0.15, -0.1) is 11.3 Å². The Morgan fingerprint density at radius 3 is 1.78 bits per heavy atom. The van der Waals surface area contributed by atoms with Crippen LogP contribution in [0.4, 0.5) is 0 Å². The first-order chi connectivity index (χ1) is 29.7. The molecule has 1 unspecified atom stereocenters. The van der Waals surface area contributed by atoms with Gasteiger partial charge in [-0.25, -0.2) is 9.98 Å². The topological polar surface area (TPSA) is 36.8 Å². The molecule has 4 heteroatoms. The van der Waals surface area contributed by atoms with Crippen molar-refractivity contribution in [3.05, 3.63) is 222 Å². The van der Waals surface area contributed by atoms with E-state index in [1.807, 2.05) is 35.6 Å². The second-order valence-corrected chi connectivity index (χ2v) is 16.8. The lowest BCUT2D eigenvalue weighted by atomic mass is 9.90. The van der Waals surface area contributed by atoms with Crippen molar-refractivity contribution in [1.29, 1.82) is 0 Å². The molecule has 2 heterocycles. The molecule has 0 bridgehead atoms. The fraction of sp³-hybridized carbons (Fsp3) is 0.0357. The Morgan fingerprint density at radius 1 is 0.450 bits per heavy atom. The van der Waals surface area contributed by atoms with Crippen LogP contribution in [0, 0.1) is 0 Å². The summed E-state index contributed by atoms with van der Waals surface area (Å²) in [7, 11) is 0. The zero-order valence-corrected chi connectivity index (χ0v) is 33.5. The van der Waals surface area contributed by atoms with E-state index in [0.29, 0.717) is 0 Å². The number of nitrogens with one attached hydrogen (secondary N) is 1. The Morgan fingerprint density at radius 2 is 1.05 bits per heavy atom. The molecule has 1 N–H and O–H groups in total. The molecule has 3 nitrogen and oxygen atoms in total. The van der Waals surface area contributed by atoms with E-state index >= 15 is 0 Å². The fourth-order valence-electron chi connectivity index (χ4n) is 9.22. The van der Waals surface area contributed by atoms with Crippen LogP contribution in [0.2, 0.25) is 0 Å². The van der Waals surface area contributed by atoms with Gasteiger partial charge in [0.25, 0.3) is 0 Å². The van der Waals surface area contributed by atoms with Crippen molar-refractivity contribution < 1.29 is 0 Å². The first-order valence-electron chi connectivity index (χ1n) is 20.6. The van der Waals surface area contributed by atoms with Gasteiger partial charge in [-0.05, 0) is 96.7 Å². The molecule has 1 atom stereocenters. The van der Waals surface area contributed by atoms with Crippen LogP contribution in [0.25, 0.3) is 81.2 Å². The minimum Gasteiger partial charge on any atom is -0.344 e. The normalized spacial score (nSPS) is 14.7. The SMILES string of the molecule is C1=Cc2c(c3ccccc3c3cc(-c4ccc(-c5ccc(-c6cc(C7N=C(c8ccccc8)N=C(c8ccccc8)N7)c7c(c6)sc6ccccc67)cc5)cc4)ccc23)C1. The number of aliphatic imine (C=N–C) groups is 2. The van der Waals surface area contributed by atoms with Crippen LogP contribution < -0.4 is 5.32 Å². The van der Waals surface area contributed by atoms with E-state index in [1.165, 1.54) is 80.7 Å². The zero-order valence-electron chi connectivity index (χ0n) is 32.6. The van der Waals surface area contributed by atoms with Gasteiger partial charge in [0.1, 0.15) is 12.0 Å². The van der Waals surface area contributed by atoms with E-state index < -0.39 is 0 Å². The Balaban J connectivity index is 0.902. The maximum Gasteiger partial charge on any atom is 0.159 e. The number of hydrogen-bond acceptors (Lipinski definition) is 4. The summed E-state index contributed by atoms with van der Waals surface area (Å²) >= 11 is 1.84. The lowest BCUT2D eigenvalue weighted by Crippen LogP contribution is -2.33. The quantitative estimate of drug-likeness (QED) is 0.168. The van der Waals surface area contributed by atoms with E-state index in [0.717, 1.165) is 40.3 Å². The van der Waals surface area contributed by atoms with E-state index in [1.54, 1.807) is 0 Å². The number of rotatable bonds is 6. The van der Waals surface area contributed by atoms with Crippen LogP contribution in [0.15, 0.2) is 204 Å². The van der Waals surface area contributed by atoms with E-state index in [9.17, 15) is 0 Å². The third-order valence-electron chi connectivity index (χ3n) is 12.2. The van der Waals surface area contributed by atoms with Gasteiger partial charge < -0.3 is 5.32 Å². The molecule has 9 aromatic carbocycles. The average molecular weight is 784 g/mol. The summed E-state index contributed by atoms with van der Waals surface area (Å²) < 4.78 is 2.51. The van der Waals surface area contributed by atoms with Gasteiger partial charge in [-0.3, -0.25) is 0 Å². The Kier molecular flexibility index (Phi) is 8.17.